The summed E-state index contributed by atoms with van der Waals surface area (Å²) in [7, 11) is -2.80. The van der Waals surface area contributed by atoms with Crippen molar-refractivity contribution in [3.63, 3.8) is 0 Å². The topological polar surface area (TPSA) is 57.2 Å². The van der Waals surface area contributed by atoms with Gasteiger partial charge in [-0.3, -0.25) is 0 Å². The molecular formula is C15H22O3P-. The number of hydrogen-bond donors (Lipinski definition) is 0. The summed E-state index contributed by atoms with van der Waals surface area (Å²) in [5.41, 5.74) is 0.0752. The van der Waals surface area contributed by atoms with Crippen molar-refractivity contribution in [2.24, 2.45) is 0 Å². The van der Waals surface area contributed by atoms with Crippen LogP contribution in [0.3, 0.4) is 0 Å². The first-order chi connectivity index (χ1) is 8.41. The summed E-state index contributed by atoms with van der Waals surface area (Å²) < 4.78 is 13.6. The normalized spacial score (nSPS) is 13.4. The number of benzene rings is 1. The molecule has 0 aliphatic rings. The standard InChI is InChI=1S/C15H23O3P/c1-14(2,3)19(18,15(4,5)6)12-9-7-8-11(10-12)13(16)17/h7-10H,1-6H3,(H,16,17)/p-1. The van der Waals surface area contributed by atoms with Crippen molar-refractivity contribution in [1.82, 2.24) is 0 Å². The summed E-state index contributed by atoms with van der Waals surface area (Å²) in [5.74, 6) is -1.24. The van der Waals surface area contributed by atoms with Crippen molar-refractivity contribution in [3.8, 4) is 0 Å². The lowest BCUT2D eigenvalue weighted by atomic mass is 10.2. The Kier molecular flexibility index (Phi) is 4.03. The molecule has 1 rings (SSSR count). The molecule has 0 amide bonds. The lowest BCUT2D eigenvalue weighted by Crippen LogP contribution is -2.35. The zero-order valence-corrected chi connectivity index (χ0v) is 13.4. The van der Waals surface area contributed by atoms with Gasteiger partial charge in [0, 0.05) is 15.6 Å². The Balaban J connectivity index is 3.57. The zero-order chi connectivity index (χ0) is 15.1. The average Bonchev–Trinajstić information content (AvgIpc) is 2.25. The highest BCUT2D eigenvalue weighted by molar-refractivity contribution is 7.74. The van der Waals surface area contributed by atoms with Gasteiger partial charge in [-0.05, 0) is 11.6 Å². The van der Waals surface area contributed by atoms with Crippen LogP contribution in [0.15, 0.2) is 24.3 Å². The van der Waals surface area contributed by atoms with E-state index in [1.165, 1.54) is 12.1 Å². The first-order valence-corrected chi connectivity index (χ1v) is 8.04. The number of carbonyl (C=O) groups is 1. The van der Waals surface area contributed by atoms with E-state index < -0.39 is 23.4 Å². The third kappa shape index (κ3) is 2.76. The number of hydrogen-bond acceptors (Lipinski definition) is 3. The van der Waals surface area contributed by atoms with Gasteiger partial charge in [0.25, 0.3) is 0 Å². The zero-order valence-electron chi connectivity index (χ0n) is 12.5. The van der Waals surface area contributed by atoms with Crippen LogP contribution < -0.4 is 10.4 Å². The summed E-state index contributed by atoms with van der Waals surface area (Å²) >= 11 is 0. The smallest absolute Gasteiger partial charge is 0.125 e. The van der Waals surface area contributed by atoms with Gasteiger partial charge in [-0.2, -0.15) is 0 Å². The summed E-state index contributed by atoms with van der Waals surface area (Å²) in [6.45, 7) is 11.6. The van der Waals surface area contributed by atoms with Crippen LogP contribution in [0, 0.1) is 0 Å². The molecule has 0 aliphatic carbocycles. The maximum absolute atomic E-state index is 13.6. The van der Waals surface area contributed by atoms with E-state index in [1.807, 2.05) is 41.5 Å². The van der Waals surface area contributed by atoms with Crippen LogP contribution in [-0.2, 0) is 4.57 Å². The lowest BCUT2D eigenvalue weighted by Gasteiger charge is -2.41. The molecule has 0 radical (unpaired) electrons. The molecule has 1 aromatic carbocycles. The Morgan fingerprint density at radius 2 is 1.53 bits per heavy atom. The van der Waals surface area contributed by atoms with Crippen molar-refractivity contribution in [2.75, 3.05) is 0 Å². The van der Waals surface area contributed by atoms with E-state index in [0.29, 0.717) is 5.30 Å². The highest BCUT2D eigenvalue weighted by Crippen LogP contribution is 2.65. The summed E-state index contributed by atoms with van der Waals surface area (Å²) in [4.78, 5) is 11.0. The average molecular weight is 281 g/mol. The molecule has 0 unspecified atom stereocenters. The van der Waals surface area contributed by atoms with Crippen LogP contribution in [0.4, 0.5) is 0 Å². The second kappa shape index (κ2) is 4.79. The van der Waals surface area contributed by atoms with Gasteiger partial charge < -0.3 is 14.5 Å². The number of carboxylic acids is 1. The molecule has 0 heterocycles. The van der Waals surface area contributed by atoms with E-state index in [4.69, 9.17) is 0 Å². The van der Waals surface area contributed by atoms with Gasteiger partial charge in [0.05, 0.1) is 5.97 Å². The second-order valence-corrected chi connectivity index (χ2v) is 11.2. The highest BCUT2D eigenvalue weighted by atomic mass is 31.2. The van der Waals surface area contributed by atoms with E-state index in [9.17, 15) is 14.5 Å². The number of aromatic carboxylic acids is 1. The molecule has 0 bridgehead atoms. The molecule has 0 saturated heterocycles. The highest BCUT2D eigenvalue weighted by Gasteiger charge is 2.47. The fourth-order valence-corrected chi connectivity index (χ4v) is 6.79. The number of carboxylic acid groups (broad SMARTS) is 1. The van der Waals surface area contributed by atoms with Gasteiger partial charge >= 0.3 is 0 Å². The van der Waals surface area contributed by atoms with Gasteiger partial charge in [-0.25, -0.2) is 0 Å². The monoisotopic (exact) mass is 281 g/mol. The maximum Gasteiger partial charge on any atom is 0.125 e. The molecule has 4 heteroatoms. The van der Waals surface area contributed by atoms with Crippen LogP contribution in [0.1, 0.15) is 51.9 Å². The van der Waals surface area contributed by atoms with Crippen molar-refractivity contribution in [3.05, 3.63) is 29.8 Å². The van der Waals surface area contributed by atoms with E-state index >= 15 is 0 Å². The molecule has 0 aromatic heterocycles. The van der Waals surface area contributed by atoms with Crippen molar-refractivity contribution >= 4 is 18.4 Å². The fraction of sp³-hybridized carbons (Fsp3) is 0.533. The fourth-order valence-electron chi connectivity index (χ4n) is 2.61. The molecule has 1 aromatic rings. The minimum Gasteiger partial charge on any atom is -0.545 e. The molecule has 0 saturated carbocycles. The van der Waals surface area contributed by atoms with Gasteiger partial charge in [-0.15, -0.1) is 0 Å². The Bertz CT molecular complexity index is 515. The Morgan fingerprint density at radius 3 is 1.89 bits per heavy atom. The van der Waals surface area contributed by atoms with Crippen LogP contribution in [0.5, 0.6) is 0 Å². The molecular weight excluding hydrogens is 259 g/mol. The van der Waals surface area contributed by atoms with Gasteiger partial charge in [-0.1, -0.05) is 59.7 Å². The second-order valence-electron chi connectivity index (χ2n) is 6.79. The molecule has 3 nitrogen and oxygen atoms in total. The van der Waals surface area contributed by atoms with Crippen molar-refractivity contribution < 1.29 is 14.5 Å². The number of rotatable bonds is 2. The largest absolute Gasteiger partial charge is 0.545 e. The molecule has 0 aliphatic heterocycles. The van der Waals surface area contributed by atoms with E-state index in [2.05, 4.69) is 0 Å². The molecule has 106 valence electrons. The molecule has 0 fully saturated rings. The number of carbonyl (C=O) groups excluding carboxylic acids is 1. The summed E-state index contributed by atoms with van der Waals surface area (Å²) in [5, 5.41) is 10.7. The van der Waals surface area contributed by atoms with Gasteiger partial charge in [0.2, 0.25) is 0 Å². The SMILES string of the molecule is CC(C)(C)P(=O)(c1cccc(C(=O)[O-])c1)C(C)(C)C. The van der Waals surface area contributed by atoms with Crippen LogP contribution in [0.2, 0.25) is 0 Å². The molecule has 0 atom stereocenters. The predicted octanol–water partition coefficient (Wildman–Crippen LogP) is 2.64. The van der Waals surface area contributed by atoms with Crippen molar-refractivity contribution in [1.29, 1.82) is 0 Å². The maximum atomic E-state index is 13.6. The Hall–Kier alpha value is -1.08. The quantitative estimate of drug-likeness (QED) is 0.783. The third-order valence-electron chi connectivity index (χ3n) is 3.33. The van der Waals surface area contributed by atoms with Crippen LogP contribution >= 0.6 is 7.14 Å². The van der Waals surface area contributed by atoms with Gasteiger partial charge in [0.1, 0.15) is 7.14 Å². The minimum absolute atomic E-state index is 0.0752. The Morgan fingerprint density at radius 1 is 1.05 bits per heavy atom. The minimum atomic E-state index is -2.80. The molecule has 0 spiro atoms. The lowest BCUT2D eigenvalue weighted by molar-refractivity contribution is -0.255. The summed E-state index contributed by atoms with van der Waals surface area (Å²) in [6.07, 6.45) is 0. The third-order valence-corrected chi connectivity index (χ3v) is 8.12. The molecule has 0 N–H and O–H groups in total. The summed E-state index contributed by atoms with van der Waals surface area (Å²) in [6, 6.07) is 6.34. The Labute approximate surface area is 115 Å². The van der Waals surface area contributed by atoms with Gasteiger partial charge in [0.15, 0.2) is 0 Å². The first-order valence-electron chi connectivity index (χ1n) is 6.33. The van der Waals surface area contributed by atoms with E-state index in [1.54, 1.807) is 12.1 Å². The van der Waals surface area contributed by atoms with Crippen LogP contribution in [-0.4, -0.2) is 16.3 Å². The predicted molar refractivity (Wildman–Crippen MR) is 77.5 cm³/mol. The van der Waals surface area contributed by atoms with Crippen LogP contribution in [0.25, 0.3) is 0 Å². The van der Waals surface area contributed by atoms with E-state index in [0.717, 1.165) is 0 Å². The van der Waals surface area contributed by atoms with Crippen molar-refractivity contribution in [2.45, 2.75) is 51.9 Å². The molecule has 19 heavy (non-hydrogen) atoms. The first kappa shape index (κ1) is 16.0. The van der Waals surface area contributed by atoms with E-state index in [-0.39, 0.29) is 5.56 Å².